The molecule has 0 spiro atoms. The minimum atomic E-state index is -0.580. The van der Waals surface area contributed by atoms with Gasteiger partial charge in [0.15, 0.2) is 0 Å². The standard InChI is InChI=1S/C20H21NO3/c22-17-12-16(13-17)18(11-14-7-3-1-4-8-14)21-20(24)19(23)15-9-5-2-6-10-15/h1-10,16-18,22H,11-13H2,(H,21,24). The Balaban J connectivity index is 1.69. The van der Waals surface area contributed by atoms with E-state index in [2.05, 4.69) is 5.32 Å². The van der Waals surface area contributed by atoms with Gasteiger partial charge < -0.3 is 10.4 Å². The molecule has 1 amide bonds. The van der Waals surface area contributed by atoms with Crippen LogP contribution >= 0.6 is 0 Å². The minimum absolute atomic E-state index is 0.143. The van der Waals surface area contributed by atoms with E-state index in [1.54, 1.807) is 24.3 Å². The first kappa shape index (κ1) is 16.4. The third-order valence-corrected chi connectivity index (χ3v) is 4.58. The number of hydrogen-bond acceptors (Lipinski definition) is 3. The molecule has 4 heteroatoms. The first-order valence-corrected chi connectivity index (χ1v) is 8.25. The van der Waals surface area contributed by atoms with E-state index in [0.29, 0.717) is 24.8 Å². The van der Waals surface area contributed by atoms with Crippen molar-refractivity contribution in [3.05, 3.63) is 71.8 Å². The molecule has 0 heterocycles. The molecule has 1 aliphatic rings. The fraction of sp³-hybridized carbons (Fsp3) is 0.300. The molecule has 2 N–H and O–H groups in total. The number of carbonyl (C=O) groups excluding carboxylic acids is 2. The Morgan fingerprint density at radius 1 is 1.00 bits per heavy atom. The largest absolute Gasteiger partial charge is 0.393 e. The third-order valence-electron chi connectivity index (χ3n) is 4.58. The van der Waals surface area contributed by atoms with E-state index < -0.39 is 11.7 Å². The van der Waals surface area contributed by atoms with Gasteiger partial charge in [0.05, 0.1) is 6.10 Å². The molecule has 0 aliphatic heterocycles. The van der Waals surface area contributed by atoms with Crippen LogP contribution in [0.4, 0.5) is 0 Å². The zero-order chi connectivity index (χ0) is 16.9. The second-order valence-electron chi connectivity index (χ2n) is 6.35. The van der Waals surface area contributed by atoms with Crippen molar-refractivity contribution in [3.63, 3.8) is 0 Å². The minimum Gasteiger partial charge on any atom is -0.393 e. The van der Waals surface area contributed by atoms with E-state index >= 15 is 0 Å². The molecule has 2 aromatic rings. The van der Waals surface area contributed by atoms with Crippen LogP contribution in [0, 0.1) is 5.92 Å². The molecule has 3 rings (SSSR count). The average Bonchev–Trinajstić information content (AvgIpc) is 2.59. The summed E-state index contributed by atoms with van der Waals surface area (Å²) in [6.45, 7) is 0. The Bertz CT molecular complexity index is 693. The fourth-order valence-corrected chi connectivity index (χ4v) is 3.12. The summed E-state index contributed by atoms with van der Waals surface area (Å²) < 4.78 is 0. The molecule has 2 aromatic carbocycles. The molecular weight excluding hydrogens is 302 g/mol. The average molecular weight is 323 g/mol. The Morgan fingerprint density at radius 3 is 2.17 bits per heavy atom. The molecule has 1 unspecified atom stereocenters. The van der Waals surface area contributed by atoms with E-state index in [9.17, 15) is 14.7 Å². The zero-order valence-corrected chi connectivity index (χ0v) is 13.4. The van der Waals surface area contributed by atoms with Crippen LogP contribution in [0.1, 0.15) is 28.8 Å². The first-order chi connectivity index (χ1) is 11.6. The van der Waals surface area contributed by atoms with Crippen molar-refractivity contribution in [2.75, 3.05) is 0 Å². The van der Waals surface area contributed by atoms with Crippen LogP contribution in [-0.4, -0.2) is 28.9 Å². The van der Waals surface area contributed by atoms with Crippen molar-refractivity contribution in [1.82, 2.24) is 5.32 Å². The molecule has 0 radical (unpaired) electrons. The number of benzene rings is 2. The lowest BCUT2D eigenvalue weighted by molar-refractivity contribution is -0.118. The summed E-state index contributed by atoms with van der Waals surface area (Å²) in [4.78, 5) is 24.6. The van der Waals surface area contributed by atoms with Gasteiger partial charge >= 0.3 is 0 Å². The number of aliphatic hydroxyl groups excluding tert-OH is 1. The van der Waals surface area contributed by atoms with Crippen LogP contribution in [0.5, 0.6) is 0 Å². The second-order valence-corrected chi connectivity index (χ2v) is 6.35. The summed E-state index contributed by atoms with van der Waals surface area (Å²) in [5.74, 6) is -0.898. The number of amides is 1. The van der Waals surface area contributed by atoms with Gasteiger partial charge in [-0.3, -0.25) is 9.59 Å². The fourth-order valence-electron chi connectivity index (χ4n) is 3.12. The topological polar surface area (TPSA) is 66.4 Å². The summed E-state index contributed by atoms with van der Waals surface area (Å²) in [6, 6.07) is 18.3. The van der Waals surface area contributed by atoms with Gasteiger partial charge in [-0.05, 0) is 30.7 Å². The van der Waals surface area contributed by atoms with Crippen LogP contribution in [0.2, 0.25) is 0 Å². The SMILES string of the molecule is O=C(NC(Cc1ccccc1)C1CC(O)C1)C(=O)c1ccccc1. The Kier molecular flexibility index (Phi) is 5.06. The molecule has 1 saturated carbocycles. The summed E-state index contributed by atoms with van der Waals surface area (Å²) in [7, 11) is 0. The van der Waals surface area contributed by atoms with Gasteiger partial charge in [0.1, 0.15) is 0 Å². The van der Waals surface area contributed by atoms with Crippen molar-refractivity contribution in [2.24, 2.45) is 5.92 Å². The van der Waals surface area contributed by atoms with Crippen molar-refractivity contribution >= 4 is 11.7 Å². The lowest BCUT2D eigenvalue weighted by Gasteiger charge is -2.38. The smallest absolute Gasteiger partial charge is 0.292 e. The highest BCUT2D eigenvalue weighted by molar-refractivity contribution is 6.42. The highest BCUT2D eigenvalue weighted by Gasteiger charge is 2.35. The molecule has 24 heavy (non-hydrogen) atoms. The molecule has 0 saturated heterocycles. The van der Waals surface area contributed by atoms with Gasteiger partial charge in [-0.1, -0.05) is 60.7 Å². The number of Topliss-reactive ketones (excluding diaryl/α,β-unsaturated/α-hetero) is 1. The van der Waals surface area contributed by atoms with Crippen molar-refractivity contribution in [1.29, 1.82) is 0 Å². The Hall–Kier alpha value is -2.46. The van der Waals surface area contributed by atoms with Crippen LogP contribution in [0.15, 0.2) is 60.7 Å². The van der Waals surface area contributed by atoms with Gasteiger partial charge in [-0.25, -0.2) is 0 Å². The molecule has 124 valence electrons. The predicted molar refractivity (Wildman–Crippen MR) is 91.6 cm³/mol. The summed E-state index contributed by atoms with van der Waals surface area (Å²) in [5, 5.41) is 12.5. The number of rotatable bonds is 6. The monoisotopic (exact) mass is 323 g/mol. The second kappa shape index (κ2) is 7.41. The van der Waals surface area contributed by atoms with Crippen molar-refractivity contribution in [2.45, 2.75) is 31.4 Å². The molecular formula is C20H21NO3. The Labute approximate surface area is 141 Å². The maximum Gasteiger partial charge on any atom is 0.292 e. The summed E-state index contributed by atoms with van der Waals surface area (Å²) in [5.41, 5.74) is 1.50. The van der Waals surface area contributed by atoms with Crippen molar-refractivity contribution < 1.29 is 14.7 Å². The number of carbonyl (C=O) groups is 2. The van der Waals surface area contributed by atoms with Gasteiger partial charge in [0.2, 0.25) is 5.78 Å². The lowest BCUT2D eigenvalue weighted by Crippen LogP contribution is -2.49. The third kappa shape index (κ3) is 3.89. The zero-order valence-electron chi connectivity index (χ0n) is 13.4. The highest BCUT2D eigenvalue weighted by Crippen LogP contribution is 2.31. The van der Waals surface area contributed by atoms with Crippen LogP contribution in [0.3, 0.4) is 0 Å². The van der Waals surface area contributed by atoms with Crippen LogP contribution < -0.4 is 5.32 Å². The van der Waals surface area contributed by atoms with E-state index in [4.69, 9.17) is 0 Å². The van der Waals surface area contributed by atoms with Crippen LogP contribution in [-0.2, 0) is 11.2 Å². The quantitative estimate of drug-likeness (QED) is 0.633. The summed E-state index contributed by atoms with van der Waals surface area (Å²) in [6.07, 6.45) is 1.69. The molecule has 1 atom stereocenters. The number of nitrogens with one attached hydrogen (secondary N) is 1. The molecule has 1 aliphatic carbocycles. The predicted octanol–water partition coefficient (Wildman–Crippen LogP) is 2.37. The molecule has 0 bridgehead atoms. The van der Waals surface area contributed by atoms with Gasteiger partial charge in [-0.2, -0.15) is 0 Å². The van der Waals surface area contributed by atoms with Gasteiger partial charge in [0.25, 0.3) is 5.91 Å². The number of aliphatic hydroxyl groups is 1. The Morgan fingerprint density at radius 2 is 1.58 bits per heavy atom. The van der Waals surface area contributed by atoms with E-state index in [-0.39, 0.29) is 18.1 Å². The normalized spacial score (nSPS) is 20.7. The number of hydrogen-bond donors (Lipinski definition) is 2. The molecule has 0 aromatic heterocycles. The summed E-state index contributed by atoms with van der Waals surface area (Å²) >= 11 is 0. The van der Waals surface area contributed by atoms with E-state index in [0.717, 1.165) is 5.56 Å². The maximum absolute atomic E-state index is 12.3. The highest BCUT2D eigenvalue weighted by atomic mass is 16.3. The maximum atomic E-state index is 12.3. The van der Waals surface area contributed by atoms with Gasteiger partial charge in [-0.15, -0.1) is 0 Å². The van der Waals surface area contributed by atoms with E-state index in [1.807, 2.05) is 36.4 Å². The van der Waals surface area contributed by atoms with Gasteiger partial charge in [0, 0.05) is 11.6 Å². The van der Waals surface area contributed by atoms with Crippen LogP contribution in [0.25, 0.3) is 0 Å². The molecule has 1 fully saturated rings. The van der Waals surface area contributed by atoms with Crippen molar-refractivity contribution in [3.8, 4) is 0 Å². The van der Waals surface area contributed by atoms with E-state index in [1.165, 1.54) is 0 Å². The first-order valence-electron chi connectivity index (χ1n) is 8.25. The molecule has 4 nitrogen and oxygen atoms in total. The number of ketones is 1. The lowest BCUT2D eigenvalue weighted by atomic mass is 9.75.